The van der Waals surface area contributed by atoms with Gasteiger partial charge >= 0.3 is 0 Å². The molecule has 0 bridgehead atoms. The van der Waals surface area contributed by atoms with E-state index in [1.165, 1.54) is 11.0 Å². The van der Waals surface area contributed by atoms with Crippen LogP contribution in [0.15, 0.2) is 18.2 Å². The summed E-state index contributed by atoms with van der Waals surface area (Å²) in [5.41, 5.74) is 0.416. The minimum absolute atomic E-state index is 0.0850. The van der Waals surface area contributed by atoms with Gasteiger partial charge in [-0.3, -0.25) is 4.79 Å². The van der Waals surface area contributed by atoms with Gasteiger partial charge in [0.15, 0.2) is 5.82 Å². The van der Waals surface area contributed by atoms with Crippen molar-refractivity contribution in [2.45, 2.75) is 0 Å². The van der Waals surface area contributed by atoms with Crippen molar-refractivity contribution in [3.05, 3.63) is 29.6 Å². The highest BCUT2D eigenvalue weighted by atomic mass is 19.1. The van der Waals surface area contributed by atoms with Crippen LogP contribution in [0.2, 0.25) is 0 Å². The summed E-state index contributed by atoms with van der Waals surface area (Å²) < 4.78 is 13.6. The molecule has 4 heteroatoms. The van der Waals surface area contributed by atoms with E-state index in [2.05, 4.69) is 5.32 Å². The molecule has 1 N–H and O–H groups in total. The Kier molecular flexibility index (Phi) is 3.06. The normalized spacial score (nSPS) is 9.71. The van der Waals surface area contributed by atoms with Gasteiger partial charge in [0.1, 0.15) is 0 Å². The van der Waals surface area contributed by atoms with Crippen LogP contribution in [0.3, 0.4) is 0 Å². The molecule has 1 rings (SSSR count). The first-order chi connectivity index (χ1) is 6.57. The van der Waals surface area contributed by atoms with Gasteiger partial charge in [-0.1, -0.05) is 6.07 Å². The Morgan fingerprint density at radius 1 is 1.43 bits per heavy atom. The zero-order chi connectivity index (χ0) is 10.7. The SMILES string of the molecule is CNc1cccc(C(=O)N(C)C)c1F. The molecule has 76 valence electrons. The minimum atomic E-state index is -0.506. The maximum absolute atomic E-state index is 13.6. The van der Waals surface area contributed by atoms with Crippen LogP contribution >= 0.6 is 0 Å². The first-order valence-corrected chi connectivity index (χ1v) is 4.26. The van der Waals surface area contributed by atoms with E-state index in [0.717, 1.165) is 0 Å². The zero-order valence-corrected chi connectivity index (χ0v) is 8.47. The van der Waals surface area contributed by atoms with Crippen LogP contribution in [0.1, 0.15) is 10.4 Å². The Morgan fingerprint density at radius 3 is 2.57 bits per heavy atom. The summed E-state index contributed by atoms with van der Waals surface area (Å²) in [6.07, 6.45) is 0. The monoisotopic (exact) mass is 196 g/mol. The fourth-order valence-electron chi connectivity index (χ4n) is 1.13. The molecule has 1 aromatic rings. The smallest absolute Gasteiger partial charge is 0.256 e. The van der Waals surface area contributed by atoms with Crippen LogP contribution in [-0.2, 0) is 0 Å². The van der Waals surface area contributed by atoms with E-state index in [1.807, 2.05) is 0 Å². The lowest BCUT2D eigenvalue weighted by Gasteiger charge is -2.12. The van der Waals surface area contributed by atoms with Crippen LogP contribution in [0, 0.1) is 5.82 Å². The molecule has 0 unspecified atom stereocenters. The molecule has 0 spiro atoms. The standard InChI is InChI=1S/C10H13FN2O/c1-12-8-6-4-5-7(9(8)11)10(14)13(2)3/h4-6,12H,1-3H3. The van der Waals surface area contributed by atoms with Crippen molar-refractivity contribution in [1.82, 2.24) is 4.90 Å². The Morgan fingerprint density at radius 2 is 2.07 bits per heavy atom. The van der Waals surface area contributed by atoms with E-state index in [0.29, 0.717) is 5.69 Å². The number of halogens is 1. The van der Waals surface area contributed by atoms with Crippen molar-refractivity contribution in [3.63, 3.8) is 0 Å². The highest BCUT2D eigenvalue weighted by molar-refractivity contribution is 5.95. The summed E-state index contributed by atoms with van der Waals surface area (Å²) in [6, 6.07) is 4.70. The van der Waals surface area contributed by atoms with Gasteiger partial charge in [-0.05, 0) is 12.1 Å². The topological polar surface area (TPSA) is 32.3 Å². The molecule has 0 aliphatic heterocycles. The second kappa shape index (κ2) is 4.09. The number of rotatable bonds is 2. The lowest BCUT2D eigenvalue weighted by molar-refractivity contribution is 0.0823. The number of carbonyl (C=O) groups is 1. The first kappa shape index (κ1) is 10.5. The Labute approximate surface area is 82.5 Å². The van der Waals surface area contributed by atoms with Crippen LogP contribution in [0.25, 0.3) is 0 Å². The molecule has 0 saturated carbocycles. The lowest BCUT2D eigenvalue weighted by atomic mass is 10.1. The molecule has 14 heavy (non-hydrogen) atoms. The predicted octanol–water partition coefficient (Wildman–Crippen LogP) is 1.57. The number of nitrogens with one attached hydrogen (secondary N) is 1. The number of nitrogens with zero attached hydrogens (tertiary/aromatic N) is 1. The van der Waals surface area contributed by atoms with E-state index < -0.39 is 5.82 Å². The average Bonchev–Trinajstić information content (AvgIpc) is 2.17. The van der Waals surface area contributed by atoms with E-state index >= 15 is 0 Å². The van der Waals surface area contributed by atoms with Crippen LogP contribution in [-0.4, -0.2) is 32.0 Å². The molecule has 1 aromatic carbocycles. The molecule has 0 heterocycles. The Balaban J connectivity index is 3.16. The van der Waals surface area contributed by atoms with Crippen LogP contribution < -0.4 is 5.32 Å². The molecule has 3 nitrogen and oxygen atoms in total. The fraction of sp³-hybridized carbons (Fsp3) is 0.300. The second-order valence-electron chi connectivity index (χ2n) is 3.12. The van der Waals surface area contributed by atoms with Gasteiger partial charge < -0.3 is 10.2 Å². The van der Waals surface area contributed by atoms with Crippen molar-refractivity contribution < 1.29 is 9.18 Å². The molecule has 0 radical (unpaired) electrons. The van der Waals surface area contributed by atoms with Crippen molar-refractivity contribution in [1.29, 1.82) is 0 Å². The Hall–Kier alpha value is -1.58. The summed E-state index contributed by atoms with van der Waals surface area (Å²) in [5, 5.41) is 2.68. The molecular weight excluding hydrogens is 183 g/mol. The summed E-state index contributed by atoms with van der Waals surface area (Å²) in [5.74, 6) is -0.840. The number of hydrogen-bond acceptors (Lipinski definition) is 2. The third-order valence-electron chi connectivity index (χ3n) is 1.90. The van der Waals surface area contributed by atoms with Gasteiger partial charge in [0.05, 0.1) is 11.3 Å². The molecule has 0 aromatic heterocycles. The number of benzene rings is 1. The Bertz CT molecular complexity index is 350. The third-order valence-corrected chi connectivity index (χ3v) is 1.90. The molecule has 0 aliphatic carbocycles. The summed E-state index contributed by atoms with van der Waals surface area (Å²) in [7, 11) is 4.80. The average molecular weight is 196 g/mol. The van der Waals surface area contributed by atoms with Gasteiger partial charge in [0.25, 0.3) is 5.91 Å². The van der Waals surface area contributed by atoms with E-state index in [9.17, 15) is 9.18 Å². The number of amides is 1. The second-order valence-corrected chi connectivity index (χ2v) is 3.12. The molecule has 0 saturated heterocycles. The number of carbonyl (C=O) groups excluding carboxylic acids is 1. The van der Waals surface area contributed by atoms with Gasteiger partial charge in [-0.2, -0.15) is 0 Å². The van der Waals surface area contributed by atoms with Gasteiger partial charge in [-0.25, -0.2) is 4.39 Å². The zero-order valence-electron chi connectivity index (χ0n) is 8.47. The highest BCUT2D eigenvalue weighted by Crippen LogP contribution is 2.18. The first-order valence-electron chi connectivity index (χ1n) is 4.26. The number of hydrogen-bond donors (Lipinski definition) is 1. The fourth-order valence-corrected chi connectivity index (χ4v) is 1.13. The maximum Gasteiger partial charge on any atom is 0.256 e. The molecular formula is C10H13FN2O. The van der Waals surface area contributed by atoms with E-state index in [-0.39, 0.29) is 11.5 Å². The van der Waals surface area contributed by atoms with E-state index in [4.69, 9.17) is 0 Å². The van der Waals surface area contributed by atoms with Crippen LogP contribution in [0.5, 0.6) is 0 Å². The largest absolute Gasteiger partial charge is 0.386 e. The van der Waals surface area contributed by atoms with Crippen molar-refractivity contribution >= 4 is 11.6 Å². The van der Waals surface area contributed by atoms with Gasteiger partial charge in [-0.15, -0.1) is 0 Å². The minimum Gasteiger partial charge on any atom is -0.386 e. The summed E-state index contributed by atoms with van der Waals surface area (Å²) in [4.78, 5) is 12.8. The van der Waals surface area contributed by atoms with Gasteiger partial charge in [0.2, 0.25) is 0 Å². The lowest BCUT2D eigenvalue weighted by Crippen LogP contribution is -2.23. The quantitative estimate of drug-likeness (QED) is 0.778. The molecule has 1 amide bonds. The van der Waals surface area contributed by atoms with Crippen molar-refractivity contribution in [2.24, 2.45) is 0 Å². The number of anilines is 1. The molecule has 0 fully saturated rings. The highest BCUT2D eigenvalue weighted by Gasteiger charge is 2.15. The molecule has 0 aliphatic rings. The predicted molar refractivity (Wildman–Crippen MR) is 54.0 cm³/mol. The molecule has 0 atom stereocenters. The van der Waals surface area contributed by atoms with E-state index in [1.54, 1.807) is 33.3 Å². The third kappa shape index (κ3) is 1.84. The van der Waals surface area contributed by atoms with Crippen LogP contribution in [0.4, 0.5) is 10.1 Å². The van der Waals surface area contributed by atoms with Crippen molar-refractivity contribution in [2.75, 3.05) is 26.5 Å². The van der Waals surface area contributed by atoms with Gasteiger partial charge in [0, 0.05) is 21.1 Å². The summed E-state index contributed by atoms with van der Waals surface area (Å²) in [6.45, 7) is 0. The maximum atomic E-state index is 13.6. The van der Waals surface area contributed by atoms with Crippen molar-refractivity contribution in [3.8, 4) is 0 Å². The summed E-state index contributed by atoms with van der Waals surface area (Å²) >= 11 is 0.